The summed E-state index contributed by atoms with van der Waals surface area (Å²) >= 11 is 18.2. The fraction of sp³-hybridized carbons (Fsp3) is 0.542. The molecule has 2 saturated heterocycles. The Kier molecular flexibility index (Phi) is 7.95. The molecular formula is C24H31Cl2N5OS. The van der Waals surface area contributed by atoms with E-state index in [0.29, 0.717) is 47.8 Å². The van der Waals surface area contributed by atoms with Crippen LogP contribution in [0.15, 0.2) is 30.3 Å². The first-order chi connectivity index (χ1) is 15.8. The number of rotatable bonds is 5. The SMILES string of the molecule is C[C@@H]1C[C@H](C)CN(c2cc(Cl)nc(NC(=S)NCC3(c4cccc(Cl)c4)CCOCC3)n2)C1. The van der Waals surface area contributed by atoms with Gasteiger partial charge in [0, 0.05) is 49.4 Å². The summed E-state index contributed by atoms with van der Waals surface area (Å²) in [6, 6.07) is 9.88. The van der Waals surface area contributed by atoms with Crippen LogP contribution < -0.4 is 15.5 Å². The quantitative estimate of drug-likeness (QED) is 0.420. The van der Waals surface area contributed by atoms with Crippen molar-refractivity contribution in [1.29, 1.82) is 0 Å². The standard InChI is InChI=1S/C24H31Cl2N5OS/c1-16-10-17(2)14-31(13-16)21-12-20(26)28-22(29-21)30-23(33)27-15-24(6-8-32-9-7-24)18-4-3-5-19(25)11-18/h3-5,11-12,16-17H,6-10,13-15H2,1-2H3,(H2,27,28,29,30,33)/t16-,17+. The number of nitrogens with zero attached hydrogens (tertiary/aromatic N) is 3. The van der Waals surface area contributed by atoms with Crippen LogP contribution in [0.2, 0.25) is 10.2 Å². The monoisotopic (exact) mass is 507 g/mol. The van der Waals surface area contributed by atoms with Gasteiger partial charge in [0.05, 0.1) is 0 Å². The Bertz CT molecular complexity index is 975. The van der Waals surface area contributed by atoms with Crippen LogP contribution in [0.5, 0.6) is 0 Å². The molecule has 6 nitrogen and oxygen atoms in total. The highest BCUT2D eigenvalue weighted by atomic mass is 35.5. The summed E-state index contributed by atoms with van der Waals surface area (Å²) in [4.78, 5) is 11.3. The molecule has 0 spiro atoms. The van der Waals surface area contributed by atoms with Gasteiger partial charge in [-0.1, -0.05) is 49.2 Å². The summed E-state index contributed by atoms with van der Waals surface area (Å²) in [6.45, 7) is 8.56. The number of anilines is 2. The molecule has 1 aromatic heterocycles. The van der Waals surface area contributed by atoms with Gasteiger partial charge in [0.25, 0.3) is 0 Å². The van der Waals surface area contributed by atoms with E-state index in [4.69, 9.17) is 45.1 Å². The van der Waals surface area contributed by atoms with Crippen LogP contribution in [0.3, 0.4) is 0 Å². The largest absolute Gasteiger partial charge is 0.381 e. The van der Waals surface area contributed by atoms with Crippen molar-refractivity contribution in [2.24, 2.45) is 11.8 Å². The highest BCUT2D eigenvalue weighted by Crippen LogP contribution is 2.35. The first-order valence-electron chi connectivity index (χ1n) is 11.5. The van der Waals surface area contributed by atoms with E-state index in [2.05, 4.69) is 40.4 Å². The third-order valence-electron chi connectivity index (χ3n) is 6.57. The van der Waals surface area contributed by atoms with Crippen LogP contribution in [0.4, 0.5) is 11.8 Å². The molecule has 2 aromatic rings. The van der Waals surface area contributed by atoms with Gasteiger partial charge in [-0.3, -0.25) is 0 Å². The van der Waals surface area contributed by atoms with E-state index in [1.54, 1.807) is 0 Å². The van der Waals surface area contributed by atoms with E-state index >= 15 is 0 Å². The second-order valence-corrected chi connectivity index (χ2v) is 10.7. The summed E-state index contributed by atoms with van der Waals surface area (Å²) in [7, 11) is 0. The molecule has 2 atom stereocenters. The van der Waals surface area contributed by atoms with Gasteiger partial charge in [0.1, 0.15) is 11.0 Å². The van der Waals surface area contributed by atoms with E-state index in [1.807, 2.05) is 24.3 Å². The van der Waals surface area contributed by atoms with Gasteiger partial charge >= 0.3 is 0 Å². The van der Waals surface area contributed by atoms with Crippen LogP contribution in [0.1, 0.15) is 38.7 Å². The molecule has 9 heteroatoms. The second-order valence-electron chi connectivity index (χ2n) is 9.43. The number of hydrogen-bond donors (Lipinski definition) is 2. The summed E-state index contributed by atoms with van der Waals surface area (Å²) < 4.78 is 5.63. The number of hydrogen-bond acceptors (Lipinski definition) is 5. The van der Waals surface area contributed by atoms with Gasteiger partial charge in [-0.2, -0.15) is 4.98 Å². The molecule has 0 bridgehead atoms. The molecule has 2 N–H and O–H groups in total. The highest BCUT2D eigenvalue weighted by molar-refractivity contribution is 7.80. The number of thiocarbonyl (C=S) groups is 1. The molecule has 1 aromatic carbocycles. The summed E-state index contributed by atoms with van der Waals surface area (Å²) in [5, 5.41) is 8.12. The predicted octanol–water partition coefficient (Wildman–Crippen LogP) is 5.30. The van der Waals surface area contributed by atoms with Crippen LogP contribution in [0, 0.1) is 11.8 Å². The Morgan fingerprint density at radius 1 is 1.15 bits per heavy atom. The third-order valence-corrected chi connectivity index (χ3v) is 7.25. The van der Waals surface area contributed by atoms with E-state index in [0.717, 1.165) is 36.8 Å². The summed E-state index contributed by atoms with van der Waals surface area (Å²) in [5.74, 6) is 2.47. The Balaban J connectivity index is 1.44. The zero-order chi connectivity index (χ0) is 23.4. The molecule has 33 heavy (non-hydrogen) atoms. The fourth-order valence-electron chi connectivity index (χ4n) is 5.02. The lowest BCUT2D eigenvalue weighted by Gasteiger charge is -2.38. The number of aromatic nitrogens is 2. The van der Waals surface area contributed by atoms with Crippen molar-refractivity contribution in [3.05, 3.63) is 46.1 Å². The first-order valence-corrected chi connectivity index (χ1v) is 12.7. The molecule has 0 radical (unpaired) electrons. The zero-order valence-electron chi connectivity index (χ0n) is 19.1. The summed E-state index contributed by atoms with van der Waals surface area (Å²) in [5.41, 5.74) is 1.10. The number of piperidine rings is 1. The molecule has 2 fully saturated rings. The van der Waals surface area contributed by atoms with Crippen molar-refractivity contribution in [3.63, 3.8) is 0 Å². The second kappa shape index (κ2) is 10.7. The summed E-state index contributed by atoms with van der Waals surface area (Å²) in [6.07, 6.45) is 3.02. The first kappa shape index (κ1) is 24.5. The normalized spacial score (nSPS) is 22.6. The lowest BCUT2D eigenvalue weighted by Crippen LogP contribution is -2.45. The Hall–Kier alpha value is -1.67. The van der Waals surface area contributed by atoms with Crippen LogP contribution in [0.25, 0.3) is 0 Å². The van der Waals surface area contributed by atoms with Crippen LogP contribution in [-0.4, -0.2) is 47.9 Å². The van der Waals surface area contributed by atoms with Gasteiger partial charge in [-0.05, 0) is 61.0 Å². The topological polar surface area (TPSA) is 62.3 Å². The molecule has 2 aliphatic heterocycles. The third kappa shape index (κ3) is 6.27. The lowest BCUT2D eigenvalue weighted by atomic mass is 9.74. The minimum Gasteiger partial charge on any atom is -0.381 e. The van der Waals surface area contributed by atoms with E-state index in [9.17, 15) is 0 Å². The average Bonchev–Trinajstić information content (AvgIpc) is 2.77. The smallest absolute Gasteiger partial charge is 0.232 e. The maximum atomic E-state index is 6.33. The number of halogens is 2. The molecule has 178 valence electrons. The van der Waals surface area contributed by atoms with Crippen molar-refractivity contribution in [3.8, 4) is 0 Å². The maximum Gasteiger partial charge on any atom is 0.232 e. The van der Waals surface area contributed by atoms with Crippen molar-refractivity contribution in [2.75, 3.05) is 43.1 Å². The number of ether oxygens (including phenoxy) is 1. The van der Waals surface area contributed by atoms with E-state index in [1.165, 1.54) is 12.0 Å². The molecule has 0 unspecified atom stereocenters. The predicted molar refractivity (Wildman–Crippen MR) is 140 cm³/mol. The molecule has 0 amide bonds. The maximum absolute atomic E-state index is 6.33. The number of benzene rings is 1. The Labute approximate surface area is 211 Å². The molecule has 2 aliphatic rings. The van der Waals surface area contributed by atoms with Crippen molar-refractivity contribution >= 4 is 52.3 Å². The zero-order valence-corrected chi connectivity index (χ0v) is 21.4. The molecule has 0 saturated carbocycles. The molecule has 0 aliphatic carbocycles. The van der Waals surface area contributed by atoms with Gasteiger partial charge in [0.15, 0.2) is 5.11 Å². The highest BCUT2D eigenvalue weighted by Gasteiger charge is 2.35. The Morgan fingerprint density at radius 3 is 2.58 bits per heavy atom. The van der Waals surface area contributed by atoms with Crippen LogP contribution in [-0.2, 0) is 10.2 Å². The minimum atomic E-state index is -0.102. The van der Waals surface area contributed by atoms with E-state index < -0.39 is 0 Å². The number of nitrogens with one attached hydrogen (secondary N) is 2. The van der Waals surface area contributed by atoms with Gasteiger partial charge in [-0.15, -0.1) is 0 Å². The van der Waals surface area contributed by atoms with Crippen LogP contribution >= 0.6 is 35.4 Å². The minimum absolute atomic E-state index is 0.102. The molecule has 4 rings (SSSR count). The van der Waals surface area contributed by atoms with Crippen molar-refractivity contribution in [1.82, 2.24) is 15.3 Å². The van der Waals surface area contributed by atoms with Crippen molar-refractivity contribution < 1.29 is 4.74 Å². The van der Waals surface area contributed by atoms with Crippen molar-refractivity contribution in [2.45, 2.75) is 38.5 Å². The molecular weight excluding hydrogens is 477 g/mol. The Morgan fingerprint density at radius 2 is 1.88 bits per heavy atom. The van der Waals surface area contributed by atoms with Gasteiger partial charge in [0.2, 0.25) is 5.95 Å². The fourth-order valence-corrected chi connectivity index (χ4v) is 5.55. The average molecular weight is 509 g/mol. The molecule has 3 heterocycles. The van der Waals surface area contributed by atoms with E-state index in [-0.39, 0.29) is 5.41 Å². The van der Waals surface area contributed by atoms with Gasteiger partial charge in [-0.25, -0.2) is 4.98 Å². The lowest BCUT2D eigenvalue weighted by molar-refractivity contribution is 0.0515. The van der Waals surface area contributed by atoms with Gasteiger partial charge < -0.3 is 20.3 Å².